The lowest BCUT2D eigenvalue weighted by atomic mass is 10.2. The summed E-state index contributed by atoms with van der Waals surface area (Å²) in [6.07, 6.45) is 4.06. The molecule has 0 saturated heterocycles. The van der Waals surface area contributed by atoms with Crippen LogP contribution in [0.5, 0.6) is 0 Å². The summed E-state index contributed by atoms with van der Waals surface area (Å²) in [4.78, 5) is 22.2. The number of sulfonamides is 1. The first-order valence-electron chi connectivity index (χ1n) is 7.90. The van der Waals surface area contributed by atoms with E-state index in [1.54, 1.807) is 12.1 Å². The van der Waals surface area contributed by atoms with Gasteiger partial charge in [0.1, 0.15) is 10.8 Å². The van der Waals surface area contributed by atoms with E-state index < -0.39 is 10.0 Å². The highest BCUT2D eigenvalue weighted by atomic mass is 32.2. The predicted octanol–water partition coefficient (Wildman–Crippen LogP) is 1.66. The fourth-order valence-corrected chi connectivity index (χ4v) is 3.34. The molecule has 0 bridgehead atoms. The number of carbonyl (C=O) groups is 1. The van der Waals surface area contributed by atoms with Crippen LogP contribution in [0.4, 0.5) is 11.5 Å². The maximum atomic E-state index is 11.4. The molecule has 2 heterocycles. The normalized spacial score (nSPS) is 11.5. The molecule has 3 aromatic rings. The molecule has 0 unspecified atom stereocenters. The number of H-pyrrole nitrogens is 1. The average molecular weight is 406 g/mol. The number of aldehydes is 1. The van der Waals surface area contributed by atoms with Gasteiger partial charge in [-0.15, -0.1) is 0 Å². The van der Waals surface area contributed by atoms with Crippen LogP contribution < -0.4 is 15.8 Å². The first-order valence-corrected chi connectivity index (χ1v) is 10.7. The van der Waals surface area contributed by atoms with Gasteiger partial charge in [0.2, 0.25) is 0 Å². The molecule has 0 fully saturated rings. The Balaban J connectivity index is 1.63. The first kappa shape index (κ1) is 19.1. The molecular weight excluding hydrogens is 388 g/mol. The molecule has 3 rings (SSSR count). The molecule has 11 heteroatoms. The van der Waals surface area contributed by atoms with Crippen LogP contribution in [0.15, 0.2) is 40.6 Å². The fourth-order valence-electron chi connectivity index (χ4n) is 2.45. The Labute approximate surface area is 160 Å². The summed E-state index contributed by atoms with van der Waals surface area (Å²) in [5.74, 6) is 0.490. The van der Waals surface area contributed by atoms with Gasteiger partial charge < -0.3 is 15.6 Å². The largest absolute Gasteiger partial charge is 0.383 e. The van der Waals surface area contributed by atoms with Crippen molar-refractivity contribution in [1.29, 1.82) is 0 Å². The van der Waals surface area contributed by atoms with Crippen molar-refractivity contribution in [3.05, 3.63) is 36.0 Å². The van der Waals surface area contributed by atoms with E-state index in [4.69, 9.17) is 5.14 Å². The number of nitrogens with one attached hydrogen (secondary N) is 3. The van der Waals surface area contributed by atoms with E-state index in [0.29, 0.717) is 41.4 Å². The Morgan fingerprint density at radius 1 is 1.26 bits per heavy atom. The number of primary sulfonamides is 1. The summed E-state index contributed by atoms with van der Waals surface area (Å²) >= 11 is 1.39. The molecule has 1 aromatic carbocycles. The van der Waals surface area contributed by atoms with Gasteiger partial charge in [-0.3, -0.25) is 4.79 Å². The van der Waals surface area contributed by atoms with Crippen LogP contribution in [0.2, 0.25) is 0 Å². The molecule has 0 saturated carbocycles. The molecule has 27 heavy (non-hydrogen) atoms. The van der Waals surface area contributed by atoms with Crippen molar-refractivity contribution in [3.8, 4) is 0 Å². The van der Waals surface area contributed by atoms with Gasteiger partial charge >= 0.3 is 0 Å². The van der Waals surface area contributed by atoms with Gasteiger partial charge in [0.05, 0.1) is 5.56 Å². The summed E-state index contributed by atoms with van der Waals surface area (Å²) in [5, 5.41) is 12.8. The summed E-state index contributed by atoms with van der Waals surface area (Å²) in [6, 6.07) is 6.94. The van der Waals surface area contributed by atoms with Gasteiger partial charge in [0, 0.05) is 35.9 Å². The number of nitrogens with two attached hydrogens (primary N) is 1. The number of nitrogens with zero attached hydrogens (tertiary/aromatic N) is 2. The minimum Gasteiger partial charge on any atom is -0.383 e. The number of fused-ring (bicyclic) bond motifs is 1. The van der Waals surface area contributed by atoms with Crippen LogP contribution in [-0.4, -0.2) is 49.0 Å². The van der Waals surface area contributed by atoms with Gasteiger partial charge in [-0.25, -0.2) is 23.5 Å². The third-order valence-corrected chi connectivity index (χ3v) is 5.15. The lowest BCUT2D eigenvalue weighted by Crippen LogP contribution is -2.15. The molecule has 0 spiro atoms. The average Bonchev–Trinajstić information content (AvgIpc) is 3.09. The SMILES string of the molecule is CSc1ncc(C=O)c(NCCNc2ccc3cc(S(N)(=O)=O)[nH]c3c2)n1. The zero-order chi connectivity index (χ0) is 19.4. The Bertz CT molecular complexity index is 1080. The zero-order valence-corrected chi connectivity index (χ0v) is 16.0. The van der Waals surface area contributed by atoms with Crippen molar-refractivity contribution in [1.82, 2.24) is 15.0 Å². The van der Waals surface area contributed by atoms with Crippen LogP contribution >= 0.6 is 11.8 Å². The Kier molecular flexibility index (Phi) is 5.63. The van der Waals surface area contributed by atoms with Crippen LogP contribution in [0.3, 0.4) is 0 Å². The Morgan fingerprint density at radius 2 is 2.04 bits per heavy atom. The van der Waals surface area contributed by atoms with Crippen LogP contribution in [0.1, 0.15) is 10.4 Å². The molecule has 2 aromatic heterocycles. The lowest BCUT2D eigenvalue weighted by molar-refractivity contribution is 0.112. The van der Waals surface area contributed by atoms with Crippen molar-refractivity contribution < 1.29 is 13.2 Å². The number of aromatic nitrogens is 3. The summed E-state index contributed by atoms with van der Waals surface area (Å²) in [7, 11) is -3.77. The third-order valence-electron chi connectivity index (χ3n) is 3.76. The summed E-state index contributed by atoms with van der Waals surface area (Å²) < 4.78 is 22.8. The number of aromatic amines is 1. The second kappa shape index (κ2) is 7.94. The molecule has 9 nitrogen and oxygen atoms in total. The number of carbonyl (C=O) groups excluding carboxylic acids is 1. The van der Waals surface area contributed by atoms with Crippen LogP contribution in [0, 0.1) is 0 Å². The second-order valence-corrected chi connectivity index (χ2v) is 7.92. The number of rotatable bonds is 8. The minimum atomic E-state index is -3.77. The Hall–Kier alpha value is -2.63. The van der Waals surface area contributed by atoms with Crippen molar-refractivity contribution >= 4 is 50.5 Å². The van der Waals surface area contributed by atoms with E-state index in [1.807, 2.05) is 12.3 Å². The van der Waals surface area contributed by atoms with Crippen LogP contribution in [-0.2, 0) is 10.0 Å². The number of benzene rings is 1. The zero-order valence-electron chi connectivity index (χ0n) is 14.4. The first-order chi connectivity index (χ1) is 12.9. The van der Waals surface area contributed by atoms with Gasteiger partial charge in [0.15, 0.2) is 11.4 Å². The van der Waals surface area contributed by atoms with Gasteiger partial charge in [-0.1, -0.05) is 17.8 Å². The summed E-state index contributed by atoms with van der Waals surface area (Å²) in [6.45, 7) is 1.09. The molecule has 0 aliphatic rings. The molecule has 5 N–H and O–H groups in total. The van der Waals surface area contributed by atoms with Crippen molar-refractivity contribution in [2.75, 3.05) is 30.0 Å². The highest BCUT2D eigenvalue weighted by molar-refractivity contribution is 7.98. The number of thioether (sulfide) groups is 1. The third kappa shape index (κ3) is 4.56. The second-order valence-electron chi connectivity index (χ2n) is 5.61. The predicted molar refractivity (Wildman–Crippen MR) is 106 cm³/mol. The van der Waals surface area contributed by atoms with E-state index in [9.17, 15) is 13.2 Å². The summed E-state index contributed by atoms with van der Waals surface area (Å²) in [5.41, 5.74) is 1.88. The van der Waals surface area contributed by atoms with E-state index >= 15 is 0 Å². The quantitative estimate of drug-likeness (QED) is 0.191. The highest BCUT2D eigenvalue weighted by Crippen LogP contribution is 2.21. The molecular formula is C16H18N6O3S2. The van der Waals surface area contributed by atoms with Crippen LogP contribution in [0.25, 0.3) is 10.9 Å². The molecule has 0 aliphatic carbocycles. The molecule has 0 radical (unpaired) electrons. The molecule has 0 atom stereocenters. The lowest BCUT2D eigenvalue weighted by Gasteiger charge is -2.10. The maximum Gasteiger partial charge on any atom is 0.253 e. The van der Waals surface area contributed by atoms with E-state index in [2.05, 4.69) is 25.6 Å². The van der Waals surface area contributed by atoms with Crippen molar-refractivity contribution in [3.63, 3.8) is 0 Å². The van der Waals surface area contributed by atoms with E-state index in [0.717, 1.165) is 11.1 Å². The Morgan fingerprint density at radius 3 is 2.74 bits per heavy atom. The fraction of sp³-hybridized carbons (Fsp3) is 0.188. The number of anilines is 2. The highest BCUT2D eigenvalue weighted by Gasteiger charge is 2.11. The topological polar surface area (TPSA) is 143 Å². The number of hydrogen-bond donors (Lipinski definition) is 4. The van der Waals surface area contributed by atoms with E-state index in [-0.39, 0.29) is 5.03 Å². The number of hydrogen-bond acceptors (Lipinski definition) is 8. The minimum absolute atomic E-state index is 0.0222. The van der Waals surface area contributed by atoms with Gasteiger partial charge in [-0.05, 0) is 24.5 Å². The molecule has 0 amide bonds. The standard InChI is InChI=1S/C16H18N6O3S2/c1-26-16-20-8-11(9-23)15(22-16)19-5-4-18-12-3-2-10-6-14(27(17,24)25)21-13(10)7-12/h2-3,6-9,18,21H,4-5H2,1H3,(H2,17,24,25)(H,19,20,22). The molecule has 0 aliphatic heterocycles. The van der Waals surface area contributed by atoms with E-state index in [1.165, 1.54) is 24.0 Å². The van der Waals surface area contributed by atoms with Gasteiger partial charge in [0.25, 0.3) is 10.0 Å². The van der Waals surface area contributed by atoms with Gasteiger partial charge in [-0.2, -0.15) is 0 Å². The maximum absolute atomic E-state index is 11.4. The molecule has 142 valence electrons. The smallest absolute Gasteiger partial charge is 0.253 e. The van der Waals surface area contributed by atoms with Crippen molar-refractivity contribution in [2.24, 2.45) is 5.14 Å². The monoisotopic (exact) mass is 406 g/mol. The van der Waals surface area contributed by atoms with Crippen molar-refractivity contribution in [2.45, 2.75) is 10.2 Å².